The molecule has 0 spiro atoms. The topological polar surface area (TPSA) is 80.1 Å². The molecule has 0 radical (unpaired) electrons. The standard InChI is InChI=1S/C8H11N3O3/c1-9-6(7(12)14-2)3-5-4-10-8(13)11-5/h4,6,9H,3H2,1-2H3. The van der Waals surface area contributed by atoms with Crippen molar-refractivity contribution in [3.05, 3.63) is 0 Å². The van der Waals surface area contributed by atoms with Crippen molar-refractivity contribution in [1.82, 2.24) is 5.32 Å². The van der Waals surface area contributed by atoms with Gasteiger partial charge in [0.25, 0.3) is 0 Å². The van der Waals surface area contributed by atoms with E-state index >= 15 is 0 Å². The minimum atomic E-state index is -0.528. The summed E-state index contributed by atoms with van der Waals surface area (Å²) in [5.74, 6) is -0.386. The van der Waals surface area contributed by atoms with Gasteiger partial charge in [-0.3, -0.25) is 4.79 Å². The van der Waals surface area contributed by atoms with Crippen LogP contribution >= 0.6 is 0 Å². The maximum atomic E-state index is 11.1. The minimum Gasteiger partial charge on any atom is -0.468 e. The molecule has 2 amide bonds. The zero-order valence-corrected chi connectivity index (χ0v) is 7.98. The second-order valence-electron chi connectivity index (χ2n) is 2.71. The number of likely N-dealkylation sites (N-methyl/N-ethyl adjacent to an activating group) is 1. The van der Waals surface area contributed by atoms with Crippen molar-refractivity contribution >= 4 is 23.9 Å². The second kappa shape index (κ2) is 4.61. The average Bonchev–Trinajstić information content (AvgIpc) is 2.59. The molecule has 1 unspecified atom stereocenters. The molecule has 1 rings (SSSR count). The predicted octanol–water partition coefficient (Wildman–Crippen LogP) is -0.217. The predicted molar refractivity (Wildman–Crippen MR) is 50.8 cm³/mol. The first-order chi connectivity index (χ1) is 6.67. The van der Waals surface area contributed by atoms with Crippen molar-refractivity contribution in [2.45, 2.75) is 12.5 Å². The van der Waals surface area contributed by atoms with Crippen LogP contribution in [0, 0.1) is 0 Å². The van der Waals surface area contributed by atoms with Crippen LogP contribution in [0.1, 0.15) is 6.42 Å². The number of amides is 2. The number of carbonyl (C=O) groups is 2. The summed E-state index contributed by atoms with van der Waals surface area (Å²) in [6.45, 7) is 0. The highest BCUT2D eigenvalue weighted by Gasteiger charge is 2.20. The van der Waals surface area contributed by atoms with E-state index in [2.05, 4.69) is 20.0 Å². The average molecular weight is 197 g/mol. The molecule has 1 heterocycles. The first kappa shape index (κ1) is 10.5. The quantitative estimate of drug-likeness (QED) is 0.632. The second-order valence-corrected chi connectivity index (χ2v) is 2.71. The summed E-state index contributed by atoms with van der Waals surface area (Å²) in [4.78, 5) is 28.8. The number of ether oxygens (including phenoxy) is 1. The van der Waals surface area contributed by atoms with Gasteiger partial charge in [0.2, 0.25) is 0 Å². The van der Waals surface area contributed by atoms with Crippen molar-refractivity contribution < 1.29 is 14.3 Å². The fourth-order valence-corrected chi connectivity index (χ4v) is 1.06. The first-order valence-corrected chi connectivity index (χ1v) is 4.08. The Morgan fingerprint density at radius 3 is 2.86 bits per heavy atom. The van der Waals surface area contributed by atoms with E-state index < -0.39 is 12.1 Å². The van der Waals surface area contributed by atoms with Crippen LogP contribution in [-0.4, -0.2) is 44.1 Å². The molecule has 1 aliphatic rings. The third-order valence-electron chi connectivity index (χ3n) is 1.81. The Kier molecular flexibility index (Phi) is 3.47. The van der Waals surface area contributed by atoms with Gasteiger partial charge < -0.3 is 10.1 Å². The number of nitrogens with one attached hydrogen (secondary N) is 1. The molecular formula is C8H11N3O3. The molecule has 76 valence electrons. The van der Waals surface area contributed by atoms with Crippen molar-refractivity contribution in [3.63, 3.8) is 0 Å². The van der Waals surface area contributed by atoms with Gasteiger partial charge in [-0.05, 0) is 7.05 Å². The summed E-state index contributed by atoms with van der Waals surface area (Å²) in [5, 5.41) is 2.77. The van der Waals surface area contributed by atoms with Gasteiger partial charge in [-0.25, -0.2) is 4.79 Å². The molecular weight excluding hydrogens is 186 g/mol. The van der Waals surface area contributed by atoms with E-state index in [1.165, 1.54) is 13.3 Å². The smallest absolute Gasteiger partial charge is 0.367 e. The van der Waals surface area contributed by atoms with E-state index in [-0.39, 0.29) is 5.97 Å². The van der Waals surface area contributed by atoms with Gasteiger partial charge >= 0.3 is 12.0 Å². The summed E-state index contributed by atoms with van der Waals surface area (Å²) in [6.07, 6.45) is 1.66. The third kappa shape index (κ3) is 2.46. The molecule has 0 aliphatic carbocycles. The number of carbonyl (C=O) groups excluding carboxylic acids is 2. The van der Waals surface area contributed by atoms with Gasteiger partial charge in [-0.2, -0.15) is 9.98 Å². The SMILES string of the molecule is CNC(CC1=NC(=O)N=C1)C(=O)OC. The Labute approximate surface area is 81.1 Å². The molecule has 6 nitrogen and oxygen atoms in total. The molecule has 0 aromatic carbocycles. The largest absolute Gasteiger partial charge is 0.468 e. The van der Waals surface area contributed by atoms with Gasteiger partial charge in [-0.15, -0.1) is 0 Å². The Morgan fingerprint density at radius 2 is 2.43 bits per heavy atom. The Morgan fingerprint density at radius 1 is 1.71 bits per heavy atom. The van der Waals surface area contributed by atoms with Crippen LogP contribution in [0.4, 0.5) is 4.79 Å². The molecule has 0 aromatic rings. The highest BCUT2D eigenvalue weighted by Crippen LogP contribution is 2.01. The molecule has 1 N–H and O–H groups in total. The maximum Gasteiger partial charge on any atom is 0.367 e. The molecule has 0 aromatic heterocycles. The molecule has 6 heteroatoms. The van der Waals surface area contributed by atoms with Crippen LogP contribution in [0.2, 0.25) is 0 Å². The van der Waals surface area contributed by atoms with E-state index in [0.29, 0.717) is 12.1 Å². The van der Waals surface area contributed by atoms with Crippen molar-refractivity contribution in [2.24, 2.45) is 9.98 Å². The molecule has 0 saturated heterocycles. The number of aliphatic imine (C=N–C) groups is 2. The highest BCUT2D eigenvalue weighted by atomic mass is 16.5. The molecule has 1 atom stereocenters. The minimum absolute atomic E-state index is 0.304. The fraction of sp³-hybridized carbons (Fsp3) is 0.500. The lowest BCUT2D eigenvalue weighted by atomic mass is 10.1. The zero-order chi connectivity index (χ0) is 10.6. The first-order valence-electron chi connectivity index (χ1n) is 4.08. The molecule has 0 fully saturated rings. The number of urea groups is 1. The Hall–Kier alpha value is -1.56. The van der Waals surface area contributed by atoms with E-state index in [0.717, 1.165) is 0 Å². The van der Waals surface area contributed by atoms with E-state index in [1.54, 1.807) is 7.05 Å². The summed E-state index contributed by atoms with van der Waals surface area (Å²) < 4.78 is 4.55. The summed E-state index contributed by atoms with van der Waals surface area (Å²) in [5.41, 5.74) is 0.486. The van der Waals surface area contributed by atoms with E-state index in [9.17, 15) is 9.59 Å². The van der Waals surface area contributed by atoms with Crippen LogP contribution in [0.5, 0.6) is 0 Å². The zero-order valence-electron chi connectivity index (χ0n) is 7.98. The van der Waals surface area contributed by atoms with E-state index in [1.807, 2.05) is 0 Å². The number of esters is 1. The summed E-state index contributed by atoms with van der Waals surface area (Å²) >= 11 is 0. The number of hydrogen-bond acceptors (Lipinski definition) is 4. The van der Waals surface area contributed by atoms with Gasteiger partial charge in [0, 0.05) is 6.42 Å². The monoisotopic (exact) mass is 197 g/mol. The van der Waals surface area contributed by atoms with Crippen LogP contribution in [0.25, 0.3) is 0 Å². The van der Waals surface area contributed by atoms with Crippen LogP contribution < -0.4 is 5.32 Å². The molecule has 0 saturated carbocycles. The van der Waals surface area contributed by atoms with Gasteiger partial charge in [0.15, 0.2) is 0 Å². The summed E-state index contributed by atoms with van der Waals surface area (Å²) in [6, 6.07) is -1.02. The Bertz CT molecular complexity index is 309. The lowest BCUT2D eigenvalue weighted by Crippen LogP contribution is -2.37. The van der Waals surface area contributed by atoms with Crippen molar-refractivity contribution in [1.29, 1.82) is 0 Å². The normalized spacial score (nSPS) is 16.7. The Balaban J connectivity index is 2.58. The van der Waals surface area contributed by atoms with Crippen LogP contribution in [0.15, 0.2) is 9.98 Å². The van der Waals surface area contributed by atoms with Crippen LogP contribution in [0.3, 0.4) is 0 Å². The molecule has 14 heavy (non-hydrogen) atoms. The maximum absolute atomic E-state index is 11.1. The van der Waals surface area contributed by atoms with Gasteiger partial charge in [0.05, 0.1) is 19.0 Å². The molecule has 0 bridgehead atoms. The number of methoxy groups -OCH3 is 1. The fourth-order valence-electron chi connectivity index (χ4n) is 1.06. The number of hydrogen-bond donors (Lipinski definition) is 1. The third-order valence-corrected chi connectivity index (χ3v) is 1.81. The van der Waals surface area contributed by atoms with E-state index in [4.69, 9.17) is 0 Å². The van der Waals surface area contributed by atoms with Crippen molar-refractivity contribution in [2.75, 3.05) is 14.2 Å². The van der Waals surface area contributed by atoms with Gasteiger partial charge in [0.1, 0.15) is 6.04 Å². The number of rotatable bonds is 4. The summed E-state index contributed by atoms with van der Waals surface area (Å²) in [7, 11) is 2.94. The van der Waals surface area contributed by atoms with Crippen molar-refractivity contribution in [3.8, 4) is 0 Å². The molecule has 1 aliphatic heterocycles. The van der Waals surface area contributed by atoms with Gasteiger partial charge in [-0.1, -0.05) is 0 Å². The van der Waals surface area contributed by atoms with Crippen LogP contribution in [-0.2, 0) is 9.53 Å². The lowest BCUT2D eigenvalue weighted by molar-refractivity contribution is -0.142. The number of nitrogens with zero attached hydrogens (tertiary/aromatic N) is 2. The lowest BCUT2D eigenvalue weighted by Gasteiger charge is -2.11. The highest BCUT2D eigenvalue weighted by molar-refractivity contribution is 6.37.